The Hall–Kier alpha value is -5.98. The summed E-state index contributed by atoms with van der Waals surface area (Å²) in [5.74, 6) is 0. The summed E-state index contributed by atoms with van der Waals surface area (Å²) >= 11 is 0. The molecule has 0 aliphatic heterocycles. The summed E-state index contributed by atoms with van der Waals surface area (Å²) in [6.07, 6.45) is 0. The first kappa shape index (κ1) is 26.4. The van der Waals surface area contributed by atoms with Crippen LogP contribution in [-0.4, -0.2) is 0 Å². The molecular weight excluding hydrogens is 553 g/mol. The van der Waals surface area contributed by atoms with E-state index in [4.69, 9.17) is 0 Å². The summed E-state index contributed by atoms with van der Waals surface area (Å²) in [6.45, 7) is 0. The van der Waals surface area contributed by atoms with E-state index in [1.807, 2.05) is 0 Å². The Labute approximate surface area is 268 Å². The molecule has 0 amide bonds. The highest BCUT2D eigenvalue weighted by Gasteiger charge is 2.18. The van der Waals surface area contributed by atoms with E-state index in [0.29, 0.717) is 0 Å². The van der Waals surface area contributed by atoms with Crippen molar-refractivity contribution in [1.82, 2.24) is 0 Å². The lowest BCUT2D eigenvalue weighted by atomic mass is 9.84. The molecule has 0 saturated heterocycles. The Kier molecular flexibility index (Phi) is 6.25. The average Bonchev–Trinajstić information content (AvgIpc) is 3.14. The third-order valence-electron chi connectivity index (χ3n) is 9.44. The van der Waals surface area contributed by atoms with Crippen LogP contribution in [0.2, 0.25) is 0 Å². The Morgan fingerprint density at radius 3 is 1.33 bits per heavy atom. The van der Waals surface area contributed by atoms with Gasteiger partial charge in [-0.05, 0) is 99.7 Å². The SMILES string of the molecule is c1ccc(-c2ccc(-c3c(-c4cccc(-c5cc6ccccc6c6ccccc56)c4)c4ccccc4c4ccccc34)cc2)cc1. The normalized spacial score (nSPS) is 11.5. The summed E-state index contributed by atoms with van der Waals surface area (Å²) in [6, 6.07) is 66.5. The Morgan fingerprint density at radius 2 is 0.652 bits per heavy atom. The zero-order valence-corrected chi connectivity index (χ0v) is 25.3. The molecule has 9 aromatic rings. The average molecular weight is 583 g/mol. The maximum atomic E-state index is 2.40. The maximum absolute atomic E-state index is 2.40. The Balaban J connectivity index is 1.32. The second kappa shape index (κ2) is 10.9. The number of hydrogen-bond acceptors (Lipinski definition) is 0. The van der Waals surface area contributed by atoms with Crippen LogP contribution in [0.3, 0.4) is 0 Å². The van der Waals surface area contributed by atoms with Crippen LogP contribution in [0.15, 0.2) is 182 Å². The van der Waals surface area contributed by atoms with Crippen LogP contribution in [0.1, 0.15) is 0 Å². The largest absolute Gasteiger partial charge is 0.0622 e. The minimum Gasteiger partial charge on any atom is -0.0622 e. The van der Waals surface area contributed by atoms with E-state index in [0.717, 1.165) is 0 Å². The van der Waals surface area contributed by atoms with Crippen molar-refractivity contribution in [3.05, 3.63) is 182 Å². The molecule has 0 nitrogen and oxygen atoms in total. The summed E-state index contributed by atoms with van der Waals surface area (Å²) in [4.78, 5) is 0. The minimum atomic E-state index is 1.22. The lowest BCUT2D eigenvalue weighted by Gasteiger charge is -2.19. The molecule has 0 saturated carbocycles. The van der Waals surface area contributed by atoms with Gasteiger partial charge < -0.3 is 0 Å². The van der Waals surface area contributed by atoms with E-state index in [9.17, 15) is 0 Å². The zero-order chi connectivity index (χ0) is 30.5. The quantitative estimate of drug-likeness (QED) is 0.181. The van der Waals surface area contributed by atoms with E-state index in [2.05, 4.69) is 182 Å². The molecule has 214 valence electrons. The predicted molar refractivity (Wildman–Crippen MR) is 198 cm³/mol. The fourth-order valence-corrected chi connectivity index (χ4v) is 7.34. The van der Waals surface area contributed by atoms with Gasteiger partial charge in [-0.25, -0.2) is 0 Å². The van der Waals surface area contributed by atoms with E-state index >= 15 is 0 Å². The highest BCUT2D eigenvalue weighted by molar-refractivity contribution is 6.22. The molecule has 9 rings (SSSR count). The third kappa shape index (κ3) is 4.30. The molecule has 0 atom stereocenters. The van der Waals surface area contributed by atoms with Crippen molar-refractivity contribution < 1.29 is 0 Å². The second-order valence-electron chi connectivity index (χ2n) is 12.1. The fraction of sp³-hybridized carbons (Fsp3) is 0. The first-order valence-corrected chi connectivity index (χ1v) is 15.9. The smallest absolute Gasteiger partial charge is 0.00201 e. The van der Waals surface area contributed by atoms with E-state index in [-0.39, 0.29) is 0 Å². The molecule has 0 aliphatic carbocycles. The van der Waals surface area contributed by atoms with Crippen molar-refractivity contribution in [1.29, 1.82) is 0 Å². The molecule has 0 heteroatoms. The first-order valence-electron chi connectivity index (χ1n) is 15.9. The molecular formula is C46H30. The van der Waals surface area contributed by atoms with Gasteiger partial charge in [0.1, 0.15) is 0 Å². The van der Waals surface area contributed by atoms with Crippen LogP contribution >= 0.6 is 0 Å². The van der Waals surface area contributed by atoms with E-state index in [1.165, 1.54) is 87.6 Å². The molecule has 0 fully saturated rings. The van der Waals surface area contributed by atoms with Crippen molar-refractivity contribution >= 4 is 43.1 Å². The number of rotatable bonds is 4. The molecule has 46 heavy (non-hydrogen) atoms. The van der Waals surface area contributed by atoms with Gasteiger partial charge in [0.05, 0.1) is 0 Å². The molecule has 0 aromatic heterocycles. The van der Waals surface area contributed by atoms with Crippen LogP contribution < -0.4 is 0 Å². The first-order chi connectivity index (χ1) is 22.8. The summed E-state index contributed by atoms with van der Waals surface area (Å²) < 4.78 is 0. The monoisotopic (exact) mass is 582 g/mol. The lowest BCUT2D eigenvalue weighted by Crippen LogP contribution is -1.92. The Bertz CT molecular complexity index is 2560. The second-order valence-corrected chi connectivity index (χ2v) is 12.1. The van der Waals surface area contributed by atoms with E-state index < -0.39 is 0 Å². The minimum absolute atomic E-state index is 1.22. The molecule has 0 radical (unpaired) electrons. The highest BCUT2D eigenvalue weighted by Crippen LogP contribution is 2.46. The van der Waals surface area contributed by atoms with Gasteiger partial charge in [-0.15, -0.1) is 0 Å². The topological polar surface area (TPSA) is 0 Å². The van der Waals surface area contributed by atoms with Crippen molar-refractivity contribution in [3.63, 3.8) is 0 Å². The standard InChI is InChI=1S/C46H30/c1-2-13-31(14-3-1)32-25-27-33(28-26-32)45-42-23-10-8-20-39(42)40-21-9-11-24-43(40)46(45)36-17-12-16-34(29-36)44-30-35-15-4-5-18-37(35)38-19-6-7-22-41(38)44/h1-30H. The molecule has 0 heterocycles. The van der Waals surface area contributed by atoms with Crippen molar-refractivity contribution in [2.45, 2.75) is 0 Å². The van der Waals surface area contributed by atoms with Crippen molar-refractivity contribution in [2.24, 2.45) is 0 Å². The van der Waals surface area contributed by atoms with Gasteiger partial charge in [-0.3, -0.25) is 0 Å². The zero-order valence-electron chi connectivity index (χ0n) is 25.3. The predicted octanol–water partition coefficient (Wildman–Crippen LogP) is 13.0. The van der Waals surface area contributed by atoms with Crippen LogP contribution in [0.5, 0.6) is 0 Å². The van der Waals surface area contributed by atoms with Gasteiger partial charge in [0.2, 0.25) is 0 Å². The van der Waals surface area contributed by atoms with Gasteiger partial charge in [0, 0.05) is 0 Å². The maximum Gasteiger partial charge on any atom is -0.00201 e. The van der Waals surface area contributed by atoms with Crippen LogP contribution in [0, 0.1) is 0 Å². The van der Waals surface area contributed by atoms with Gasteiger partial charge in [0.15, 0.2) is 0 Å². The van der Waals surface area contributed by atoms with Crippen molar-refractivity contribution in [2.75, 3.05) is 0 Å². The Morgan fingerprint density at radius 1 is 0.217 bits per heavy atom. The van der Waals surface area contributed by atoms with Gasteiger partial charge in [0.25, 0.3) is 0 Å². The van der Waals surface area contributed by atoms with Crippen LogP contribution in [-0.2, 0) is 0 Å². The summed E-state index contributed by atoms with van der Waals surface area (Å²) in [5, 5.41) is 10.2. The molecule has 0 spiro atoms. The molecule has 0 unspecified atom stereocenters. The molecule has 9 aromatic carbocycles. The third-order valence-corrected chi connectivity index (χ3v) is 9.44. The van der Waals surface area contributed by atoms with Gasteiger partial charge in [-0.1, -0.05) is 170 Å². The number of fused-ring (bicyclic) bond motifs is 6. The summed E-state index contributed by atoms with van der Waals surface area (Å²) in [5.41, 5.74) is 9.92. The fourth-order valence-electron chi connectivity index (χ4n) is 7.34. The molecule has 0 bridgehead atoms. The molecule has 0 N–H and O–H groups in total. The molecule has 0 aliphatic rings. The van der Waals surface area contributed by atoms with E-state index in [1.54, 1.807) is 0 Å². The van der Waals surface area contributed by atoms with Crippen LogP contribution in [0.25, 0.3) is 87.6 Å². The lowest BCUT2D eigenvalue weighted by molar-refractivity contribution is 1.60. The van der Waals surface area contributed by atoms with Gasteiger partial charge >= 0.3 is 0 Å². The highest BCUT2D eigenvalue weighted by atomic mass is 14.2. The number of hydrogen-bond donors (Lipinski definition) is 0. The van der Waals surface area contributed by atoms with Gasteiger partial charge in [-0.2, -0.15) is 0 Å². The number of benzene rings is 9. The van der Waals surface area contributed by atoms with Crippen LogP contribution in [0.4, 0.5) is 0 Å². The summed E-state index contributed by atoms with van der Waals surface area (Å²) in [7, 11) is 0. The van der Waals surface area contributed by atoms with Crippen molar-refractivity contribution in [3.8, 4) is 44.5 Å².